The summed E-state index contributed by atoms with van der Waals surface area (Å²) >= 11 is 1.62. The second-order valence-electron chi connectivity index (χ2n) is 7.41. The van der Waals surface area contributed by atoms with Gasteiger partial charge in [-0.1, -0.05) is 34.9 Å². The van der Waals surface area contributed by atoms with Crippen LogP contribution in [0.15, 0.2) is 41.1 Å². The SMILES string of the molecule is CC(C)=CCC/C(C)=C/CC/C(C)=C/CSCC(Nc1cnc(C)[nH]1)C(=O)O. The summed E-state index contributed by atoms with van der Waals surface area (Å²) in [6.07, 6.45) is 12.8. The van der Waals surface area contributed by atoms with Gasteiger partial charge in [-0.25, -0.2) is 9.78 Å². The summed E-state index contributed by atoms with van der Waals surface area (Å²) in [6.45, 7) is 10.5. The molecular formula is C22H35N3O2S. The van der Waals surface area contributed by atoms with E-state index < -0.39 is 12.0 Å². The van der Waals surface area contributed by atoms with Crippen LogP contribution in [0.5, 0.6) is 0 Å². The Morgan fingerprint density at radius 3 is 2.39 bits per heavy atom. The van der Waals surface area contributed by atoms with Gasteiger partial charge in [0, 0.05) is 11.5 Å². The first-order chi connectivity index (χ1) is 13.3. The van der Waals surface area contributed by atoms with Crippen molar-refractivity contribution in [2.75, 3.05) is 16.8 Å². The highest BCUT2D eigenvalue weighted by Crippen LogP contribution is 2.14. The zero-order valence-corrected chi connectivity index (χ0v) is 18.7. The summed E-state index contributed by atoms with van der Waals surface area (Å²) in [4.78, 5) is 18.5. The molecule has 0 aromatic carbocycles. The molecule has 0 aliphatic rings. The number of allylic oxidation sites excluding steroid dienone is 5. The number of anilines is 1. The van der Waals surface area contributed by atoms with Crippen molar-refractivity contribution in [3.05, 3.63) is 47.0 Å². The average Bonchev–Trinajstić information content (AvgIpc) is 3.02. The number of aliphatic carboxylic acids is 1. The molecule has 1 unspecified atom stereocenters. The lowest BCUT2D eigenvalue weighted by molar-refractivity contribution is -0.137. The molecule has 0 aliphatic heterocycles. The molecule has 0 amide bonds. The number of nitrogens with one attached hydrogen (secondary N) is 2. The number of rotatable bonds is 13. The van der Waals surface area contributed by atoms with Crippen molar-refractivity contribution >= 4 is 23.5 Å². The number of nitrogens with zero attached hydrogens (tertiary/aromatic N) is 1. The van der Waals surface area contributed by atoms with Crippen LogP contribution in [-0.2, 0) is 4.79 Å². The minimum Gasteiger partial charge on any atom is -0.480 e. The molecule has 0 radical (unpaired) electrons. The Bertz CT molecular complexity index is 700. The van der Waals surface area contributed by atoms with Crippen LogP contribution in [0.2, 0.25) is 0 Å². The van der Waals surface area contributed by atoms with E-state index >= 15 is 0 Å². The fourth-order valence-corrected chi connectivity index (χ4v) is 3.58. The van der Waals surface area contributed by atoms with Crippen molar-refractivity contribution in [2.24, 2.45) is 0 Å². The third-order valence-electron chi connectivity index (χ3n) is 4.29. The number of aryl methyl sites for hydroxylation is 1. The first kappa shape index (κ1) is 24.1. The van der Waals surface area contributed by atoms with Crippen LogP contribution in [0.4, 0.5) is 5.82 Å². The number of aromatic amines is 1. The molecule has 156 valence electrons. The molecule has 28 heavy (non-hydrogen) atoms. The van der Waals surface area contributed by atoms with Crippen LogP contribution in [0.1, 0.15) is 59.2 Å². The number of carboxylic acid groups (broad SMARTS) is 1. The van der Waals surface area contributed by atoms with Gasteiger partial charge in [-0.2, -0.15) is 11.8 Å². The summed E-state index contributed by atoms with van der Waals surface area (Å²) in [6, 6.07) is -0.634. The number of carbonyl (C=O) groups is 1. The normalized spacial score (nSPS) is 13.3. The van der Waals surface area contributed by atoms with Gasteiger partial charge in [0.15, 0.2) is 0 Å². The fourth-order valence-electron chi connectivity index (χ4n) is 2.58. The van der Waals surface area contributed by atoms with E-state index in [0.717, 1.165) is 37.3 Å². The Kier molecular flexibility index (Phi) is 11.4. The molecule has 1 rings (SSSR count). The fraction of sp³-hybridized carbons (Fsp3) is 0.545. The van der Waals surface area contributed by atoms with E-state index in [0.29, 0.717) is 11.6 Å². The van der Waals surface area contributed by atoms with Gasteiger partial charge in [-0.3, -0.25) is 0 Å². The van der Waals surface area contributed by atoms with Crippen molar-refractivity contribution in [1.82, 2.24) is 9.97 Å². The van der Waals surface area contributed by atoms with Crippen molar-refractivity contribution in [2.45, 2.75) is 66.3 Å². The lowest BCUT2D eigenvalue weighted by Gasteiger charge is -2.13. The second-order valence-corrected chi connectivity index (χ2v) is 8.49. The summed E-state index contributed by atoms with van der Waals surface area (Å²) in [7, 11) is 0. The van der Waals surface area contributed by atoms with Crippen LogP contribution in [0.3, 0.4) is 0 Å². The van der Waals surface area contributed by atoms with Gasteiger partial charge in [-0.15, -0.1) is 0 Å². The molecule has 0 aliphatic carbocycles. The number of carboxylic acids is 1. The van der Waals surface area contributed by atoms with Crippen LogP contribution < -0.4 is 5.32 Å². The minimum absolute atomic E-state index is 0.501. The molecule has 0 saturated heterocycles. The Morgan fingerprint density at radius 1 is 1.18 bits per heavy atom. The van der Waals surface area contributed by atoms with Crippen LogP contribution in [0, 0.1) is 6.92 Å². The molecule has 0 spiro atoms. The Balaban J connectivity index is 2.30. The standard InChI is InChI=1S/C22H35N3O2S/c1-16(2)8-6-9-17(3)10-7-11-18(4)12-13-28-15-20(22(26)27)25-21-14-23-19(5)24-21/h8,10,12,14,20,25H,6-7,9,11,13,15H2,1-5H3,(H,23,24)(H,26,27)/b17-10+,18-12+. The summed E-state index contributed by atoms with van der Waals surface area (Å²) in [5.74, 6) is 1.88. The number of thioether (sulfide) groups is 1. The zero-order chi connectivity index (χ0) is 20.9. The predicted molar refractivity (Wildman–Crippen MR) is 121 cm³/mol. The molecule has 1 atom stereocenters. The lowest BCUT2D eigenvalue weighted by Crippen LogP contribution is -2.31. The minimum atomic E-state index is -0.853. The van der Waals surface area contributed by atoms with Gasteiger partial charge in [0.1, 0.15) is 17.7 Å². The summed E-state index contributed by atoms with van der Waals surface area (Å²) < 4.78 is 0. The van der Waals surface area contributed by atoms with E-state index in [9.17, 15) is 9.90 Å². The van der Waals surface area contributed by atoms with Gasteiger partial charge in [0.05, 0.1) is 6.20 Å². The smallest absolute Gasteiger partial charge is 0.327 e. The first-order valence-electron chi connectivity index (χ1n) is 9.81. The highest BCUT2D eigenvalue weighted by molar-refractivity contribution is 7.99. The molecule has 1 heterocycles. The number of hydrogen-bond donors (Lipinski definition) is 3. The van der Waals surface area contributed by atoms with Crippen molar-refractivity contribution in [3.8, 4) is 0 Å². The third-order valence-corrected chi connectivity index (χ3v) is 5.26. The summed E-state index contributed by atoms with van der Waals surface area (Å²) in [5, 5.41) is 12.4. The Morgan fingerprint density at radius 2 is 1.82 bits per heavy atom. The van der Waals surface area contributed by atoms with E-state index in [1.54, 1.807) is 18.0 Å². The Labute approximate surface area is 173 Å². The van der Waals surface area contributed by atoms with E-state index in [2.05, 4.69) is 61.2 Å². The van der Waals surface area contributed by atoms with E-state index in [1.165, 1.54) is 16.7 Å². The number of hydrogen-bond acceptors (Lipinski definition) is 4. The van der Waals surface area contributed by atoms with Crippen molar-refractivity contribution in [3.63, 3.8) is 0 Å². The largest absolute Gasteiger partial charge is 0.480 e. The van der Waals surface area contributed by atoms with Crippen molar-refractivity contribution in [1.29, 1.82) is 0 Å². The highest BCUT2D eigenvalue weighted by Gasteiger charge is 2.17. The first-order valence-corrected chi connectivity index (χ1v) is 11.0. The lowest BCUT2D eigenvalue weighted by atomic mass is 10.1. The van der Waals surface area contributed by atoms with E-state index in [1.807, 2.05) is 6.92 Å². The third kappa shape index (κ3) is 11.0. The molecule has 1 aromatic rings. The zero-order valence-electron chi connectivity index (χ0n) is 17.8. The monoisotopic (exact) mass is 405 g/mol. The molecule has 0 saturated carbocycles. The molecule has 0 bridgehead atoms. The van der Waals surface area contributed by atoms with Gasteiger partial charge in [-0.05, 0) is 60.3 Å². The van der Waals surface area contributed by atoms with Crippen LogP contribution in [0.25, 0.3) is 0 Å². The number of H-pyrrole nitrogens is 1. The Hall–Kier alpha value is -1.95. The quantitative estimate of drug-likeness (QED) is 0.288. The molecule has 0 fully saturated rings. The van der Waals surface area contributed by atoms with E-state index in [-0.39, 0.29) is 0 Å². The van der Waals surface area contributed by atoms with Crippen molar-refractivity contribution < 1.29 is 9.90 Å². The highest BCUT2D eigenvalue weighted by atomic mass is 32.2. The summed E-state index contributed by atoms with van der Waals surface area (Å²) in [5.41, 5.74) is 4.18. The maximum absolute atomic E-state index is 11.4. The van der Waals surface area contributed by atoms with Gasteiger partial charge in [0.2, 0.25) is 0 Å². The molecule has 5 nitrogen and oxygen atoms in total. The van der Waals surface area contributed by atoms with Gasteiger partial charge < -0.3 is 15.4 Å². The maximum atomic E-state index is 11.4. The van der Waals surface area contributed by atoms with E-state index in [4.69, 9.17) is 0 Å². The van der Waals surface area contributed by atoms with Gasteiger partial charge >= 0.3 is 5.97 Å². The molecule has 3 N–H and O–H groups in total. The average molecular weight is 406 g/mol. The molecule has 1 aromatic heterocycles. The maximum Gasteiger partial charge on any atom is 0.327 e. The number of imidazole rings is 1. The molecule has 6 heteroatoms. The predicted octanol–water partition coefficient (Wildman–Crippen LogP) is 5.74. The van der Waals surface area contributed by atoms with Crippen LogP contribution in [-0.4, -0.2) is 38.6 Å². The molecular weight excluding hydrogens is 370 g/mol. The second kappa shape index (κ2) is 13.3. The number of aromatic nitrogens is 2. The van der Waals surface area contributed by atoms with Crippen LogP contribution >= 0.6 is 11.8 Å². The van der Waals surface area contributed by atoms with Gasteiger partial charge in [0.25, 0.3) is 0 Å². The topological polar surface area (TPSA) is 78.0 Å².